The molecular weight excluding hydrogens is 241 g/mol. The molecule has 0 aromatic heterocycles. The van der Waals surface area contributed by atoms with E-state index in [1.165, 1.54) is 6.07 Å². The van der Waals surface area contributed by atoms with E-state index < -0.39 is 11.4 Å². The maximum atomic E-state index is 13.1. The average molecular weight is 256 g/mol. The van der Waals surface area contributed by atoms with E-state index in [0.717, 1.165) is 24.3 Å². The van der Waals surface area contributed by atoms with E-state index in [-0.39, 0.29) is 5.02 Å². The van der Waals surface area contributed by atoms with Crippen LogP contribution in [-0.2, 0) is 10.3 Å². The number of hydrogen-bond donors (Lipinski definition) is 0. The molecule has 4 heteroatoms. The summed E-state index contributed by atoms with van der Waals surface area (Å²) in [4.78, 5) is 4.56. The topological polar surface area (TPSA) is 21.6 Å². The molecule has 2 rings (SSSR count). The first-order chi connectivity index (χ1) is 8.05. The Hall–Kier alpha value is -1.09. The van der Waals surface area contributed by atoms with Gasteiger partial charge in [0.25, 0.3) is 0 Å². The Balaban J connectivity index is 2.30. The minimum atomic E-state index is -0.443. The van der Waals surface area contributed by atoms with Gasteiger partial charge in [-0.1, -0.05) is 24.6 Å². The normalized spacial score (nSPS) is 23.4. The zero-order valence-electron chi connectivity index (χ0n) is 9.96. The highest BCUT2D eigenvalue weighted by molar-refractivity contribution is 6.30. The Bertz CT molecular complexity index is 461. The fourth-order valence-corrected chi connectivity index (χ4v) is 2.07. The van der Waals surface area contributed by atoms with Crippen molar-refractivity contribution in [3.05, 3.63) is 34.6 Å². The van der Waals surface area contributed by atoms with Crippen LogP contribution >= 0.6 is 11.6 Å². The second kappa shape index (κ2) is 4.65. The van der Waals surface area contributed by atoms with Crippen molar-refractivity contribution in [3.8, 4) is 0 Å². The van der Waals surface area contributed by atoms with Crippen LogP contribution < -0.4 is 0 Å². The number of aliphatic imine (C=N–C) groups is 1. The third kappa shape index (κ3) is 2.44. The number of nitrogens with zero attached hydrogens (tertiary/aromatic N) is 1. The largest absolute Gasteiger partial charge is 0.478 e. The van der Waals surface area contributed by atoms with Crippen molar-refractivity contribution in [1.82, 2.24) is 0 Å². The van der Waals surface area contributed by atoms with Gasteiger partial charge in [0.1, 0.15) is 18.0 Å². The highest BCUT2D eigenvalue weighted by Gasteiger charge is 2.33. The lowest BCUT2D eigenvalue weighted by Gasteiger charge is -2.19. The minimum Gasteiger partial charge on any atom is -0.478 e. The van der Waals surface area contributed by atoms with Gasteiger partial charge in [-0.3, -0.25) is 0 Å². The zero-order chi connectivity index (χ0) is 12.5. The van der Waals surface area contributed by atoms with Crippen molar-refractivity contribution in [2.45, 2.75) is 32.2 Å². The molecule has 1 aliphatic rings. The van der Waals surface area contributed by atoms with E-state index >= 15 is 0 Å². The molecule has 0 fully saturated rings. The molecule has 1 aromatic carbocycles. The Kier molecular flexibility index (Phi) is 3.38. The summed E-state index contributed by atoms with van der Waals surface area (Å²) in [6.07, 6.45) is 1.84. The molecule has 1 atom stereocenters. The Morgan fingerprint density at radius 2 is 2.29 bits per heavy atom. The Morgan fingerprint density at radius 3 is 2.94 bits per heavy atom. The number of hydrogen-bond acceptors (Lipinski definition) is 2. The first-order valence-corrected chi connectivity index (χ1v) is 6.10. The lowest BCUT2D eigenvalue weighted by atomic mass is 9.94. The van der Waals surface area contributed by atoms with Crippen LogP contribution in [0.3, 0.4) is 0 Å². The van der Waals surface area contributed by atoms with E-state index in [4.69, 9.17) is 16.3 Å². The van der Waals surface area contributed by atoms with Gasteiger partial charge in [0.05, 0.1) is 5.02 Å². The predicted octanol–water partition coefficient (Wildman–Crippen LogP) is 3.92. The van der Waals surface area contributed by atoms with Gasteiger partial charge in [-0.15, -0.1) is 0 Å². The van der Waals surface area contributed by atoms with Gasteiger partial charge in [-0.05, 0) is 31.0 Å². The summed E-state index contributed by atoms with van der Waals surface area (Å²) in [6.45, 7) is 4.54. The maximum absolute atomic E-state index is 13.1. The van der Waals surface area contributed by atoms with Gasteiger partial charge in [-0.2, -0.15) is 0 Å². The van der Waals surface area contributed by atoms with Crippen molar-refractivity contribution < 1.29 is 9.13 Å². The Morgan fingerprint density at radius 1 is 1.53 bits per heavy atom. The molecule has 0 amide bonds. The molecule has 1 heterocycles. The quantitative estimate of drug-likeness (QED) is 0.802. The van der Waals surface area contributed by atoms with E-state index in [0.29, 0.717) is 6.61 Å². The van der Waals surface area contributed by atoms with E-state index in [9.17, 15) is 4.39 Å². The van der Waals surface area contributed by atoms with Gasteiger partial charge in [0.2, 0.25) is 0 Å². The molecule has 0 saturated carbocycles. The fraction of sp³-hybridized carbons (Fsp3) is 0.462. The Labute approximate surface area is 105 Å². The average Bonchev–Trinajstić information content (AvgIpc) is 2.66. The second-order valence-electron chi connectivity index (χ2n) is 4.45. The number of ether oxygens (including phenoxy) is 1. The van der Waals surface area contributed by atoms with Gasteiger partial charge in [0.15, 0.2) is 5.90 Å². The lowest BCUT2D eigenvalue weighted by Crippen LogP contribution is -2.20. The summed E-state index contributed by atoms with van der Waals surface area (Å²) >= 11 is 5.79. The third-order valence-corrected chi connectivity index (χ3v) is 3.19. The molecule has 1 aromatic rings. The SMILES string of the molecule is CCCC1=N[C@](C)(c2ccc(F)c(Cl)c2)CO1. The van der Waals surface area contributed by atoms with Crippen LogP contribution in [0.15, 0.2) is 23.2 Å². The van der Waals surface area contributed by atoms with Gasteiger partial charge < -0.3 is 4.74 Å². The predicted molar refractivity (Wildman–Crippen MR) is 67.1 cm³/mol. The van der Waals surface area contributed by atoms with Gasteiger partial charge in [0, 0.05) is 6.42 Å². The van der Waals surface area contributed by atoms with Crippen LogP contribution in [-0.4, -0.2) is 12.5 Å². The van der Waals surface area contributed by atoms with E-state index in [2.05, 4.69) is 11.9 Å². The summed E-state index contributed by atoms with van der Waals surface area (Å²) in [5.41, 5.74) is 0.442. The summed E-state index contributed by atoms with van der Waals surface area (Å²) in [5, 5.41) is 0.128. The zero-order valence-corrected chi connectivity index (χ0v) is 10.7. The van der Waals surface area contributed by atoms with E-state index in [1.54, 1.807) is 12.1 Å². The molecule has 2 nitrogen and oxygen atoms in total. The third-order valence-electron chi connectivity index (χ3n) is 2.90. The molecule has 0 unspecified atom stereocenters. The van der Waals surface area contributed by atoms with Crippen LogP contribution in [0.2, 0.25) is 5.02 Å². The van der Waals surface area contributed by atoms with Crippen LogP contribution in [0.25, 0.3) is 0 Å². The van der Waals surface area contributed by atoms with Crippen LogP contribution in [0, 0.1) is 5.82 Å². The molecule has 17 heavy (non-hydrogen) atoms. The highest BCUT2D eigenvalue weighted by atomic mass is 35.5. The molecule has 0 aliphatic carbocycles. The monoisotopic (exact) mass is 255 g/mol. The number of halogens is 2. The van der Waals surface area contributed by atoms with Crippen molar-refractivity contribution in [2.75, 3.05) is 6.61 Å². The summed E-state index contributed by atoms with van der Waals surface area (Å²) < 4.78 is 18.7. The van der Waals surface area contributed by atoms with Crippen molar-refractivity contribution >= 4 is 17.5 Å². The van der Waals surface area contributed by atoms with Gasteiger partial charge >= 0.3 is 0 Å². The molecule has 92 valence electrons. The number of rotatable bonds is 3. The lowest BCUT2D eigenvalue weighted by molar-refractivity contribution is 0.264. The van der Waals surface area contributed by atoms with Gasteiger partial charge in [-0.25, -0.2) is 9.38 Å². The molecule has 0 spiro atoms. The van der Waals surface area contributed by atoms with Crippen LogP contribution in [0.1, 0.15) is 32.3 Å². The van der Waals surface area contributed by atoms with Crippen molar-refractivity contribution in [3.63, 3.8) is 0 Å². The fourth-order valence-electron chi connectivity index (χ4n) is 1.88. The molecule has 0 radical (unpaired) electrons. The first kappa shape index (κ1) is 12.4. The second-order valence-corrected chi connectivity index (χ2v) is 4.85. The van der Waals surface area contributed by atoms with Crippen molar-refractivity contribution in [2.24, 2.45) is 4.99 Å². The highest BCUT2D eigenvalue weighted by Crippen LogP contribution is 2.33. The number of benzene rings is 1. The molecule has 0 N–H and O–H groups in total. The molecular formula is C13H15ClFNO. The van der Waals surface area contributed by atoms with Crippen molar-refractivity contribution in [1.29, 1.82) is 0 Å². The van der Waals surface area contributed by atoms with Crippen LogP contribution in [0.4, 0.5) is 4.39 Å². The smallest absolute Gasteiger partial charge is 0.184 e. The molecule has 0 bridgehead atoms. The van der Waals surface area contributed by atoms with Crippen LogP contribution in [0.5, 0.6) is 0 Å². The molecule has 1 aliphatic heterocycles. The summed E-state index contributed by atoms with van der Waals surface area (Å²) in [7, 11) is 0. The summed E-state index contributed by atoms with van der Waals surface area (Å²) in [6, 6.07) is 4.71. The minimum absolute atomic E-state index is 0.128. The standard InChI is InChI=1S/C13H15ClFNO/c1-3-4-12-16-13(2,8-17-12)9-5-6-11(15)10(14)7-9/h5-7H,3-4,8H2,1-2H3/t13-/m0/s1. The summed E-state index contributed by atoms with van der Waals surface area (Å²) in [5.74, 6) is 0.367. The maximum Gasteiger partial charge on any atom is 0.184 e. The molecule has 0 saturated heterocycles. The van der Waals surface area contributed by atoms with E-state index in [1.807, 2.05) is 6.92 Å². The first-order valence-electron chi connectivity index (χ1n) is 5.72.